The Kier molecular flexibility index (Phi) is 7.47. The molecular formula is C16H22BrIO3S. The maximum absolute atomic E-state index is 12.0. The van der Waals surface area contributed by atoms with E-state index >= 15 is 0 Å². The third-order valence-corrected chi connectivity index (χ3v) is 6.84. The van der Waals surface area contributed by atoms with E-state index in [0.717, 1.165) is 55.2 Å². The topological polar surface area (TPSA) is 35.5 Å². The van der Waals surface area contributed by atoms with Gasteiger partial charge in [0.2, 0.25) is 0 Å². The number of hydrogen-bond acceptors (Lipinski definition) is 4. The van der Waals surface area contributed by atoms with Crippen molar-refractivity contribution in [3.8, 4) is 0 Å². The number of thiophene rings is 1. The second-order valence-corrected chi connectivity index (χ2v) is 10.1. The highest BCUT2D eigenvalue weighted by Gasteiger charge is 2.37. The second kappa shape index (κ2) is 8.87. The number of unbranched alkanes of at least 4 members (excludes halogenated alkanes) is 1. The first-order chi connectivity index (χ1) is 10.5. The molecule has 2 rings (SSSR count). The maximum atomic E-state index is 12.0. The zero-order valence-corrected chi connectivity index (χ0v) is 17.4. The molecule has 1 aliphatic carbocycles. The molecule has 0 aliphatic heterocycles. The average Bonchev–Trinajstić information content (AvgIpc) is 3.04. The summed E-state index contributed by atoms with van der Waals surface area (Å²) in [5, 5.41) is 0. The summed E-state index contributed by atoms with van der Waals surface area (Å²) in [6.07, 6.45) is 7.68. The van der Waals surface area contributed by atoms with Gasteiger partial charge >= 0.3 is 6.16 Å². The number of carbonyl (C=O) groups is 1. The summed E-state index contributed by atoms with van der Waals surface area (Å²) in [6, 6.07) is 2.11. The molecule has 22 heavy (non-hydrogen) atoms. The number of ether oxygens (including phenoxy) is 2. The molecule has 0 spiro atoms. The summed E-state index contributed by atoms with van der Waals surface area (Å²) in [4.78, 5) is 12.0. The van der Waals surface area contributed by atoms with Crippen LogP contribution in [0.2, 0.25) is 0 Å². The molecular weight excluding hydrogens is 479 g/mol. The van der Waals surface area contributed by atoms with Crippen LogP contribution < -0.4 is 0 Å². The van der Waals surface area contributed by atoms with Gasteiger partial charge in [0.05, 0.1) is 13.3 Å². The van der Waals surface area contributed by atoms with Gasteiger partial charge in [-0.2, -0.15) is 0 Å². The molecule has 0 aromatic carbocycles. The molecule has 1 fully saturated rings. The predicted molar refractivity (Wildman–Crippen MR) is 102 cm³/mol. The molecule has 0 amide bonds. The van der Waals surface area contributed by atoms with Gasteiger partial charge in [0, 0.05) is 6.42 Å². The summed E-state index contributed by atoms with van der Waals surface area (Å²) < 4.78 is 13.3. The lowest BCUT2D eigenvalue weighted by molar-refractivity contribution is -0.0373. The van der Waals surface area contributed by atoms with Gasteiger partial charge in [-0.1, -0.05) is 13.3 Å². The Morgan fingerprint density at radius 3 is 2.77 bits per heavy atom. The molecule has 0 unspecified atom stereocenters. The van der Waals surface area contributed by atoms with E-state index < -0.39 is 6.16 Å². The van der Waals surface area contributed by atoms with Crippen molar-refractivity contribution in [3.63, 3.8) is 0 Å². The molecule has 1 aliphatic rings. The van der Waals surface area contributed by atoms with Crippen LogP contribution in [-0.2, 0) is 15.9 Å². The normalized spacial score (nSPS) is 16.7. The Bertz CT molecular complexity index is 498. The van der Waals surface area contributed by atoms with Gasteiger partial charge in [-0.25, -0.2) is 4.79 Å². The van der Waals surface area contributed by atoms with Crippen molar-refractivity contribution in [3.05, 3.63) is 18.3 Å². The maximum Gasteiger partial charge on any atom is 0.508 e. The van der Waals surface area contributed by atoms with Gasteiger partial charge in [0.1, 0.15) is 5.60 Å². The van der Waals surface area contributed by atoms with Crippen molar-refractivity contribution in [2.24, 2.45) is 0 Å². The third-order valence-electron chi connectivity index (χ3n) is 4.12. The minimum atomic E-state index is -0.501. The van der Waals surface area contributed by atoms with Crippen LogP contribution >= 0.6 is 49.9 Å². The highest BCUT2D eigenvalue weighted by Crippen LogP contribution is 2.37. The molecule has 1 saturated carbocycles. The van der Waals surface area contributed by atoms with Crippen LogP contribution in [0.1, 0.15) is 57.4 Å². The highest BCUT2D eigenvalue weighted by atomic mass is 127. The Morgan fingerprint density at radius 2 is 2.18 bits per heavy atom. The molecule has 1 aromatic rings. The van der Waals surface area contributed by atoms with Crippen LogP contribution in [0.15, 0.2) is 9.85 Å². The number of carbonyl (C=O) groups excluding carboxylic acids is 1. The van der Waals surface area contributed by atoms with Crippen molar-refractivity contribution < 1.29 is 14.3 Å². The van der Waals surface area contributed by atoms with Crippen molar-refractivity contribution in [1.82, 2.24) is 0 Å². The fraction of sp³-hybridized carbons (Fsp3) is 0.688. The van der Waals surface area contributed by atoms with Gasteiger partial charge in [-0.15, -0.1) is 11.3 Å². The first kappa shape index (κ1) is 18.5. The van der Waals surface area contributed by atoms with E-state index in [0.29, 0.717) is 6.61 Å². The van der Waals surface area contributed by atoms with Gasteiger partial charge in [0.25, 0.3) is 0 Å². The number of halogens is 2. The Hall–Kier alpha value is 0.180. The molecule has 0 N–H and O–H groups in total. The van der Waals surface area contributed by atoms with Gasteiger partial charge in [-0.05, 0) is 88.7 Å². The molecule has 0 radical (unpaired) electrons. The van der Waals surface area contributed by atoms with E-state index in [4.69, 9.17) is 9.47 Å². The van der Waals surface area contributed by atoms with Crippen molar-refractivity contribution in [2.45, 2.75) is 63.9 Å². The van der Waals surface area contributed by atoms with E-state index in [9.17, 15) is 4.79 Å². The Balaban J connectivity index is 1.78. The minimum Gasteiger partial charge on any atom is -0.434 e. The molecule has 1 aromatic heterocycles. The standard InChI is InChI=1S/C16H22BrIO3S/c1-2-3-7-16(8-4-5-9-16)21-15(19)20-10-6-12-11-13(18)22-14(12)17/h11H,2-10H2,1H3. The van der Waals surface area contributed by atoms with E-state index in [1.165, 1.54) is 8.45 Å². The van der Waals surface area contributed by atoms with Crippen LogP contribution in [0.5, 0.6) is 0 Å². The predicted octanol–water partition coefficient (Wildman–Crippen LogP) is 6.31. The smallest absolute Gasteiger partial charge is 0.434 e. The molecule has 0 atom stereocenters. The molecule has 3 nitrogen and oxygen atoms in total. The van der Waals surface area contributed by atoms with Gasteiger partial charge in [-0.3, -0.25) is 0 Å². The lowest BCUT2D eigenvalue weighted by atomic mass is 9.95. The van der Waals surface area contributed by atoms with E-state index in [1.54, 1.807) is 11.3 Å². The number of hydrogen-bond donors (Lipinski definition) is 0. The van der Waals surface area contributed by atoms with Crippen molar-refractivity contribution in [2.75, 3.05) is 6.61 Å². The largest absolute Gasteiger partial charge is 0.508 e. The van der Waals surface area contributed by atoms with Crippen molar-refractivity contribution in [1.29, 1.82) is 0 Å². The third kappa shape index (κ3) is 5.37. The van der Waals surface area contributed by atoms with Gasteiger partial charge in [0.15, 0.2) is 0 Å². The summed E-state index contributed by atoms with van der Waals surface area (Å²) >= 11 is 7.52. The van der Waals surface area contributed by atoms with E-state index in [2.05, 4.69) is 51.5 Å². The van der Waals surface area contributed by atoms with Crippen LogP contribution in [-0.4, -0.2) is 18.4 Å². The van der Waals surface area contributed by atoms with Crippen LogP contribution in [0.25, 0.3) is 0 Å². The zero-order valence-electron chi connectivity index (χ0n) is 12.8. The second-order valence-electron chi connectivity index (χ2n) is 5.79. The monoisotopic (exact) mass is 500 g/mol. The average molecular weight is 501 g/mol. The Labute approximate surface area is 158 Å². The van der Waals surface area contributed by atoms with Crippen molar-refractivity contribution >= 4 is 56.0 Å². The molecule has 124 valence electrons. The fourth-order valence-corrected chi connectivity index (χ4v) is 6.36. The SMILES string of the molecule is CCCCC1(OC(=O)OCCc2cc(I)sc2Br)CCCC1. The number of rotatable bonds is 7. The van der Waals surface area contributed by atoms with Crippen LogP contribution in [0, 0.1) is 2.88 Å². The minimum absolute atomic E-state index is 0.258. The van der Waals surface area contributed by atoms with Gasteiger partial charge < -0.3 is 9.47 Å². The lowest BCUT2D eigenvalue weighted by Gasteiger charge is -2.28. The quantitative estimate of drug-likeness (QED) is 0.325. The molecule has 1 heterocycles. The lowest BCUT2D eigenvalue weighted by Crippen LogP contribution is -2.32. The molecule has 6 heteroatoms. The molecule has 0 saturated heterocycles. The first-order valence-corrected chi connectivity index (χ1v) is 10.5. The summed E-state index contributed by atoms with van der Waals surface area (Å²) in [7, 11) is 0. The van der Waals surface area contributed by atoms with Crippen LogP contribution in [0.3, 0.4) is 0 Å². The van der Waals surface area contributed by atoms with E-state index in [-0.39, 0.29) is 5.60 Å². The summed E-state index contributed by atoms with van der Waals surface area (Å²) in [5.41, 5.74) is 0.926. The summed E-state index contributed by atoms with van der Waals surface area (Å²) in [6.45, 7) is 2.54. The fourth-order valence-electron chi connectivity index (χ4n) is 2.92. The highest BCUT2D eigenvalue weighted by molar-refractivity contribution is 14.1. The first-order valence-electron chi connectivity index (χ1n) is 7.84. The van der Waals surface area contributed by atoms with Crippen LogP contribution in [0.4, 0.5) is 4.79 Å². The Morgan fingerprint density at radius 1 is 1.45 bits per heavy atom. The summed E-state index contributed by atoms with van der Waals surface area (Å²) in [5.74, 6) is 0. The zero-order chi connectivity index (χ0) is 16.0. The molecule has 0 bridgehead atoms. The van der Waals surface area contributed by atoms with E-state index in [1.807, 2.05) is 0 Å².